The summed E-state index contributed by atoms with van der Waals surface area (Å²) in [6, 6.07) is 21.9. The molecule has 212 valence electrons. The van der Waals surface area contributed by atoms with Gasteiger partial charge in [-0.05, 0) is 85.8 Å². The van der Waals surface area contributed by atoms with Crippen LogP contribution < -0.4 is 24.6 Å². The fraction of sp³-hybridized carbons (Fsp3) is 0.303. The summed E-state index contributed by atoms with van der Waals surface area (Å²) in [5, 5.41) is 3.44. The van der Waals surface area contributed by atoms with Gasteiger partial charge in [-0.15, -0.1) is 0 Å². The van der Waals surface area contributed by atoms with E-state index in [1.54, 1.807) is 19.1 Å². The van der Waals surface area contributed by atoms with Crippen LogP contribution in [0.3, 0.4) is 0 Å². The maximum Gasteiger partial charge on any atom is 0.258 e. The van der Waals surface area contributed by atoms with Gasteiger partial charge in [0.25, 0.3) is 5.91 Å². The molecule has 4 aromatic rings. The highest BCUT2D eigenvalue weighted by atomic mass is 16.5. The molecule has 41 heavy (non-hydrogen) atoms. The van der Waals surface area contributed by atoms with Gasteiger partial charge in [0, 0.05) is 43.5 Å². The molecule has 0 radical (unpaired) electrons. The highest BCUT2D eigenvalue weighted by Gasteiger charge is 2.21. The predicted octanol–water partition coefficient (Wildman–Crippen LogP) is 5.95. The summed E-state index contributed by atoms with van der Waals surface area (Å²) in [5.41, 5.74) is 6.24. The van der Waals surface area contributed by atoms with E-state index in [1.807, 2.05) is 75.4 Å². The molecule has 0 saturated carbocycles. The summed E-state index contributed by atoms with van der Waals surface area (Å²) < 4.78 is 11.0. The second-order valence-corrected chi connectivity index (χ2v) is 10.2. The number of nitrogens with zero attached hydrogens (tertiary/aromatic N) is 4. The number of methoxy groups -OCH3 is 2. The van der Waals surface area contributed by atoms with Crippen LogP contribution in [0.1, 0.15) is 45.4 Å². The number of ether oxygens (including phenoxy) is 2. The molecule has 0 atom stereocenters. The van der Waals surface area contributed by atoms with Gasteiger partial charge in [0.1, 0.15) is 17.5 Å². The topological polar surface area (TPSA) is 79.8 Å². The number of hydrogen-bond donors (Lipinski definition) is 1. The second kappa shape index (κ2) is 12.3. The lowest BCUT2D eigenvalue weighted by Crippen LogP contribution is -2.31. The zero-order chi connectivity index (χ0) is 28.9. The molecule has 0 unspecified atom stereocenters. The molecule has 5 rings (SSSR count). The van der Waals surface area contributed by atoms with E-state index in [0.29, 0.717) is 24.5 Å². The fourth-order valence-electron chi connectivity index (χ4n) is 5.24. The maximum atomic E-state index is 13.2. The summed E-state index contributed by atoms with van der Waals surface area (Å²) in [6.07, 6.45) is 0.895. The number of benzene rings is 3. The number of hydrogen-bond acceptors (Lipinski definition) is 7. The number of rotatable bonds is 9. The van der Waals surface area contributed by atoms with Crippen LogP contribution in [0.25, 0.3) is 0 Å². The first-order valence-corrected chi connectivity index (χ1v) is 13.9. The quantitative estimate of drug-likeness (QED) is 0.275. The van der Waals surface area contributed by atoms with Crippen molar-refractivity contribution in [3.63, 3.8) is 0 Å². The Hall–Kier alpha value is -4.59. The average molecular weight is 552 g/mol. The number of aryl methyl sites for hydroxylation is 2. The lowest BCUT2D eigenvalue weighted by Gasteiger charge is -2.30. The van der Waals surface area contributed by atoms with Crippen LogP contribution in [-0.4, -0.2) is 43.2 Å². The first-order valence-electron chi connectivity index (χ1n) is 13.9. The highest BCUT2D eigenvalue weighted by Crippen LogP contribution is 2.34. The fourth-order valence-corrected chi connectivity index (χ4v) is 5.24. The SMILES string of the molecule is CCN(C(=O)c1ccc(CNc2cc(N3CCc4cc(OC)c(OC)cc4C3)nc(C)n2)cc1)c1cccc(C)c1. The van der Waals surface area contributed by atoms with Gasteiger partial charge in [-0.25, -0.2) is 9.97 Å². The predicted molar refractivity (Wildman–Crippen MR) is 163 cm³/mol. The van der Waals surface area contributed by atoms with Crippen molar-refractivity contribution in [2.75, 3.05) is 42.4 Å². The molecule has 0 aliphatic carbocycles. The van der Waals surface area contributed by atoms with Crippen LogP contribution in [0.2, 0.25) is 0 Å². The number of aromatic nitrogens is 2. The maximum absolute atomic E-state index is 13.2. The van der Waals surface area contributed by atoms with Crippen LogP contribution in [0.4, 0.5) is 17.3 Å². The van der Waals surface area contributed by atoms with Crippen molar-refractivity contribution in [1.29, 1.82) is 0 Å². The highest BCUT2D eigenvalue weighted by molar-refractivity contribution is 6.06. The van der Waals surface area contributed by atoms with Crippen molar-refractivity contribution < 1.29 is 14.3 Å². The third kappa shape index (κ3) is 6.27. The zero-order valence-electron chi connectivity index (χ0n) is 24.4. The molecule has 1 aromatic heterocycles. The van der Waals surface area contributed by atoms with Crippen LogP contribution in [0.15, 0.2) is 66.7 Å². The van der Waals surface area contributed by atoms with E-state index in [-0.39, 0.29) is 5.91 Å². The molecule has 1 N–H and O–H groups in total. The monoisotopic (exact) mass is 551 g/mol. The third-order valence-corrected chi connectivity index (χ3v) is 7.42. The number of amides is 1. The van der Waals surface area contributed by atoms with E-state index >= 15 is 0 Å². The molecule has 0 saturated heterocycles. The molecule has 0 spiro atoms. The van der Waals surface area contributed by atoms with Gasteiger partial charge in [-0.3, -0.25) is 4.79 Å². The largest absolute Gasteiger partial charge is 0.493 e. The van der Waals surface area contributed by atoms with Gasteiger partial charge in [0.05, 0.1) is 14.2 Å². The Morgan fingerprint density at radius 1 is 0.951 bits per heavy atom. The number of carbonyl (C=O) groups excluding carboxylic acids is 1. The van der Waals surface area contributed by atoms with Crippen molar-refractivity contribution in [3.05, 3.63) is 100 Å². The van der Waals surface area contributed by atoms with Crippen molar-refractivity contribution in [2.24, 2.45) is 0 Å². The average Bonchev–Trinajstić information content (AvgIpc) is 2.99. The molecule has 0 bridgehead atoms. The van der Waals surface area contributed by atoms with E-state index in [4.69, 9.17) is 14.5 Å². The summed E-state index contributed by atoms with van der Waals surface area (Å²) in [7, 11) is 3.32. The molecular weight excluding hydrogens is 514 g/mol. The summed E-state index contributed by atoms with van der Waals surface area (Å²) in [5.74, 6) is 3.85. The van der Waals surface area contributed by atoms with Crippen molar-refractivity contribution in [1.82, 2.24) is 9.97 Å². The molecule has 8 nitrogen and oxygen atoms in total. The van der Waals surface area contributed by atoms with E-state index in [9.17, 15) is 4.79 Å². The standard InChI is InChI=1S/C33H37N5O3/c1-6-38(28-9-7-8-22(2)16-28)33(39)25-12-10-24(11-13-25)20-34-31-19-32(36-23(3)35-31)37-15-14-26-17-29(40-4)30(41-5)18-27(26)21-37/h7-13,16-19H,6,14-15,20-21H2,1-5H3,(H,34,35,36). The third-order valence-electron chi connectivity index (χ3n) is 7.42. The molecule has 2 heterocycles. The van der Waals surface area contributed by atoms with Crippen molar-refractivity contribution in [3.8, 4) is 11.5 Å². The normalized spacial score (nSPS) is 12.5. The molecule has 1 aliphatic rings. The van der Waals surface area contributed by atoms with Gasteiger partial charge in [0.15, 0.2) is 11.5 Å². The number of carbonyl (C=O) groups is 1. The number of nitrogens with one attached hydrogen (secondary N) is 1. The van der Waals surface area contributed by atoms with Gasteiger partial charge >= 0.3 is 0 Å². The first kappa shape index (κ1) is 28.0. The molecule has 3 aromatic carbocycles. The van der Waals surface area contributed by atoms with Crippen LogP contribution in [0, 0.1) is 13.8 Å². The Balaban J connectivity index is 1.25. The Morgan fingerprint density at radius 3 is 2.37 bits per heavy atom. The number of anilines is 3. The Labute approximate surface area is 242 Å². The minimum atomic E-state index is -0.00662. The second-order valence-electron chi connectivity index (χ2n) is 10.2. The van der Waals surface area contributed by atoms with Crippen molar-refractivity contribution in [2.45, 2.75) is 40.3 Å². The summed E-state index contributed by atoms with van der Waals surface area (Å²) >= 11 is 0. The van der Waals surface area contributed by atoms with Crippen LogP contribution in [-0.2, 0) is 19.5 Å². The van der Waals surface area contributed by atoms with Crippen LogP contribution >= 0.6 is 0 Å². The smallest absolute Gasteiger partial charge is 0.258 e. The molecule has 1 amide bonds. The Bertz CT molecular complexity index is 1540. The molecule has 1 aliphatic heterocycles. The van der Waals surface area contributed by atoms with Crippen molar-refractivity contribution >= 4 is 23.2 Å². The lowest BCUT2D eigenvalue weighted by molar-refractivity contribution is 0.0988. The zero-order valence-corrected chi connectivity index (χ0v) is 24.4. The van der Waals surface area contributed by atoms with Gasteiger partial charge in [-0.1, -0.05) is 24.3 Å². The first-order chi connectivity index (χ1) is 19.9. The Morgan fingerprint density at radius 2 is 1.68 bits per heavy atom. The minimum absolute atomic E-state index is 0.00662. The molecular formula is C33H37N5O3. The molecule has 0 fully saturated rings. The summed E-state index contributed by atoms with van der Waals surface area (Å²) in [6.45, 7) is 8.71. The van der Waals surface area contributed by atoms with Gasteiger partial charge in [-0.2, -0.15) is 0 Å². The van der Waals surface area contributed by atoms with E-state index in [0.717, 1.165) is 59.5 Å². The van der Waals surface area contributed by atoms with Gasteiger partial charge in [0.2, 0.25) is 0 Å². The van der Waals surface area contributed by atoms with E-state index < -0.39 is 0 Å². The number of fused-ring (bicyclic) bond motifs is 1. The Kier molecular flexibility index (Phi) is 8.38. The van der Waals surface area contributed by atoms with Crippen LogP contribution in [0.5, 0.6) is 11.5 Å². The lowest BCUT2D eigenvalue weighted by atomic mass is 9.99. The van der Waals surface area contributed by atoms with E-state index in [1.165, 1.54) is 11.1 Å². The summed E-state index contributed by atoms with van der Waals surface area (Å²) in [4.78, 5) is 26.6. The van der Waals surface area contributed by atoms with E-state index in [2.05, 4.69) is 27.3 Å². The molecule has 8 heteroatoms. The van der Waals surface area contributed by atoms with Gasteiger partial charge < -0.3 is 24.6 Å². The minimum Gasteiger partial charge on any atom is -0.493 e.